The van der Waals surface area contributed by atoms with E-state index in [0.717, 1.165) is 12.1 Å². The van der Waals surface area contributed by atoms with Gasteiger partial charge in [0.15, 0.2) is 0 Å². The summed E-state index contributed by atoms with van der Waals surface area (Å²) in [7, 11) is 0. The van der Waals surface area contributed by atoms with Crippen molar-refractivity contribution < 1.29 is 0 Å². The molecule has 0 aliphatic carbocycles. The molecular weight excluding hydrogens is 254 g/mol. The van der Waals surface area contributed by atoms with Gasteiger partial charge in [-0.3, -0.25) is 4.98 Å². The van der Waals surface area contributed by atoms with Crippen LogP contribution in [0.5, 0.6) is 0 Å². The largest absolute Gasteiger partial charge is 0.256 e. The molecule has 0 amide bonds. The van der Waals surface area contributed by atoms with Gasteiger partial charge in [0.25, 0.3) is 0 Å². The van der Waals surface area contributed by atoms with Gasteiger partial charge in [0.1, 0.15) is 0 Å². The van der Waals surface area contributed by atoms with E-state index in [-0.39, 0.29) is 0 Å². The second-order valence-corrected chi connectivity index (χ2v) is 4.89. The standard InChI is InChI=1S/C20H17N/c1-2-9-17(10-3-1)11-8-13-18-12-4-5-14-19(18)20-15-6-7-16-21-20/h1-12,14-16H,13H2/b11-8+. The van der Waals surface area contributed by atoms with Crippen LogP contribution in [0.15, 0.2) is 85.1 Å². The van der Waals surface area contributed by atoms with E-state index < -0.39 is 0 Å². The Kier molecular flexibility index (Phi) is 4.23. The molecule has 0 saturated heterocycles. The van der Waals surface area contributed by atoms with Crippen molar-refractivity contribution in [3.8, 4) is 11.3 Å². The third-order valence-electron chi connectivity index (χ3n) is 3.41. The number of rotatable bonds is 4. The highest BCUT2D eigenvalue weighted by atomic mass is 14.7. The first-order valence-corrected chi connectivity index (χ1v) is 7.14. The summed E-state index contributed by atoms with van der Waals surface area (Å²) >= 11 is 0. The molecule has 0 aliphatic heterocycles. The van der Waals surface area contributed by atoms with Gasteiger partial charge in [0.05, 0.1) is 5.69 Å². The van der Waals surface area contributed by atoms with Crippen LogP contribution in [0.2, 0.25) is 0 Å². The first-order valence-electron chi connectivity index (χ1n) is 7.14. The second-order valence-electron chi connectivity index (χ2n) is 4.89. The SMILES string of the molecule is C(=C\c1ccccc1)/Cc1ccccc1-c1ccccn1. The molecule has 0 aliphatic rings. The molecule has 2 aromatic carbocycles. The third-order valence-corrected chi connectivity index (χ3v) is 3.41. The Hall–Kier alpha value is -2.67. The summed E-state index contributed by atoms with van der Waals surface area (Å²) in [5.41, 5.74) is 4.76. The van der Waals surface area contributed by atoms with E-state index in [0.29, 0.717) is 0 Å². The Morgan fingerprint density at radius 3 is 2.33 bits per heavy atom. The Labute approximate surface area is 125 Å². The number of aromatic nitrogens is 1. The lowest BCUT2D eigenvalue weighted by molar-refractivity contribution is 1.24. The van der Waals surface area contributed by atoms with Gasteiger partial charge >= 0.3 is 0 Å². The van der Waals surface area contributed by atoms with E-state index in [1.54, 1.807) is 0 Å². The number of nitrogens with zero attached hydrogens (tertiary/aromatic N) is 1. The van der Waals surface area contributed by atoms with E-state index in [1.165, 1.54) is 16.7 Å². The zero-order chi connectivity index (χ0) is 14.3. The zero-order valence-electron chi connectivity index (χ0n) is 11.8. The number of hydrogen-bond acceptors (Lipinski definition) is 1. The van der Waals surface area contributed by atoms with Gasteiger partial charge < -0.3 is 0 Å². The maximum atomic E-state index is 4.45. The number of allylic oxidation sites excluding steroid dienone is 1. The van der Waals surface area contributed by atoms with Crippen LogP contribution in [0.4, 0.5) is 0 Å². The topological polar surface area (TPSA) is 12.9 Å². The highest BCUT2D eigenvalue weighted by Gasteiger charge is 2.03. The minimum Gasteiger partial charge on any atom is -0.256 e. The van der Waals surface area contributed by atoms with Crippen molar-refractivity contribution in [2.75, 3.05) is 0 Å². The molecule has 1 heteroatoms. The van der Waals surface area contributed by atoms with Gasteiger partial charge in [-0.2, -0.15) is 0 Å². The van der Waals surface area contributed by atoms with E-state index in [4.69, 9.17) is 0 Å². The summed E-state index contributed by atoms with van der Waals surface area (Å²) in [5.74, 6) is 0. The fourth-order valence-corrected chi connectivity index (χ4v) is 2.36. The quantitative estimate of drug-likeness (QED) is 0.650. The van der Waals surface area contributed by atoms with E-state index in [2.05, 4.69) is 71.7 Å². The van der Waals surface area contributed by atoms with Crippen LogP contribution in [0, 0.1) is 0 Å². The normalized spacial score (nSPS) is 10.9. The number of benzene rings is 2. The maximum Gasteiger partial charge on any atom is 0.0704 e. The van der Waals surface area contributed by atoms with Crippen LogP contribution in [0.25, 0.3) is 17.3 Å². The van der Waals surface area contributed by atoms with Crippen molar-refractivity contribution >= 4 is 6.08 Å². The Bertz CT molecular complexity index is 715. The lowest BCUT2D eigenvalue weighted by Crippen LogP contribution is -1.89. The fourth-order valence-electron chi connectivity index (χ4n) is 2.36. The Morgan fingerprint density at radius 2 is 1.52 bits per heavy atom. The van der Waals surface area contributed by atoms with Crippen molar-refractivity contribution in [2.45, 2.75) is 6.42 Å². The number of pyridine rings is 1. The lowest BCUT2D eigenvalue weighted by Gasteiger charge is -2.06. The van der Waals surface area contributed by atoms with Crippen LogP contribution in [-0.4, -0.2) is 4.98 Å². The van der Waals surface area contributed by atoms with E-state index >= 15 is 0 Å². The predicted molar refractivity (Wildman–Crippen MR) is 88.9 cm³/mol. The third kappa shape index (κ3) is 3.46. The van der Waals surface area contributed by atoms with Gasteiger partial charge in [-0.25, -0.2) is 0 Å². The molecule has 0 spiro atoms. The molecule has 0 fully saturated rings. The Morgan fingerprint density at radius 1 is 0.762 bits per heavy atom. The van der Waals surface area contributed by atoms with Gasteiger partial charge in [0.2, 0.25) is 0 Å². The molecule has 0 N–H and O–H groups in total. The molecule has 0 atom stereocenters. The molecule has 0 bridgehead atoms. The average molecular weight is 271 g/mol. The van der Waals surface area contributed by atoms with Gasteiger partial charge in [-0.15, -0.1) is 0 Å². The minimum absolute atomic E-state index is 0.904. The predicted octanol–water partition coefficient (Wildman–Crippen LogP) is 5.00. The molecule has 1 nitrogen and oxygen atoms in total. The van der Waals surface area contributed by atoms with Crippen molar-refractivity contribution in [3.05, 3.63) is 96.2 Å². The summed E-state index contributed by atoms with van der Waals surface area (Å²) in [6, 6.07) is 24.8. The van der Waals surface area contributed by atoms with Crippen molar-refractivity contribution in [1.82, 2.24) is 4.98 Å². The number of hydrogen-bond donors (Lipinski definition) is 0. The van der Waals surface area contributed by atoms with Crippen LogP contribution in [0.1, 0.15) is 11.1 Å². The first kappa shape index (κ1) is 13.3. The molecule has 0 unspecified atom stereocenters. The van der Waals surface area contributed by atoms with Gasteiger partial charge in [-0.1, -0.05) is 72.8 Å². The molecule has 3 rings (SSSR count). The zero-order valence-corrected chi connectivity index (χ0v) is 11.8. The van der Waals surface area contributed by atoms with Crippen molar-refractivity contribution in [1.29, 1.82) is 0 Å². The highest BCUT2D eigenvalue weighted by Crippen LogP contribution is 2.22. The molecule has 1 aromatic heterocycles. The summed E-state index contributed by atoms with van der Waals surface area (Å²) < 4.78 is 0. The smallest absolute Gasteiger partial charge is 0.0704 e. The molecule has 0 radical (unpaired) electrons. The molecule has 3 aromatic rings. The average Bonchev–Trinajstić information content (AvgIpc) is 2.57. The van der Waals surface area contributed by atoms with Crippen LogP contribution >= 0.6 is 0 Å². The summed E-state index contributed by atoms with van der Waals surface area (Å²) in [6.07, 6.45) is 7.11. The van der Waals surface area contributed by atoms with Crippen molar-refractivity contribution in [3.63, 3.8) is 0 Å². The summed E-state index contributed by atoms with van der Waals surface area (Å²) in [4.78, 5) is 4.45. The first-order chi connectivity index (χ1) is 10.4. The monoisotopic (exact) mass is 271 g/mol. The van der Waals surface area contributed by atoms with Crippen molar-refractivity contribution in [2.24, 2.45) is 0 Å². The lowest BCUT2D eigenvalue weighted by atomic mass is 10.0. The molecule has 102 valence electrons. The van der Waals surface area contributed by atoms with Crippen LogP contribution in [-0.2, 0) is 6.42 Å². The molecule has 0 saturated carbocycles. The fraction of sp³-hybridized carbons (Fsp3) is 0.0500. The molecular formula is C20H17N. The minimum atomic E-state index is 0.904. The summed E-state index contributed by atoms with van der Waals surface area (Å²) in [5, 5.41) is 0. The molecule has 21 heavy (non-hydrogen) atoms. The van der Waals surface area contributed by atoms with Crippen LogP contribution in [0.3, 0.4) is 0 Å². The second kappa shape index (κ2) is 6.67. The van der Waals surface area contributed by atoms with Gasteiger partial charge in [-0.05, 0) is 29.7 Å². The van der Waals surface area contributed by atoms with E-state index in [9.17, 15) is 0 Å². The molecule has 1 heterocycles. The van der Waals surface area contributed by atoms with Gasteiger partial charge in [0, 0.05) is 11.8 Å². The summed E-state index contributed by atoms with van der Waals surface area (Å²) in [6.45, 7) is 0. The van der Waals surface area contributed by atoms with E-state index in [1.807, 2.05) is 24.4 Å². The maximum absolute atomic E-state index is 4.45. The Balaban J connectivity index is 1.82. The highest BCUT2D eigenvalue weighted by molar-refractivity contribution is 5.64. The van der Waals surface area contributed by atoms with Crippen LogP contribution < -0.4 is 0 Å².